The number of nitrogens with zero attached hydrogens (tertiary/aromatic N) is 1. The molecule has 3 rings (SSSR count). The Morgan fingerprint density at radius 1 is 1.28 bits per heavy atom. The summed E-state index contributed by atoms with van der Waals surface area (Å²) >= 11 is 0. The molecular formula is C14H17N3O. The Labute approximate surface area is 106 Å². The molecule has 0 bridgehead atoms. The Hall–Kier alpha value is -1.65. The maximum Gasteiger partial charge on any atom is 0.0925 e. The Morgan fingerprint density at radius 2 is 2.17 bits per heavy atom. The van der Waals surface area contributed by atoms with Crippen molar-refractivity contribution in [1.29, 1.82) is 0 Å². The summed E-state index contributed by atoms with van der Waals surface area (Å²) in [5.41, 5.74) is 3.55. The van der Waals surface area contributed by atoms with Crippen LogP contribution in [0.5, 0.6) is 0 Å². The number of rotatable bonds is 4. The molecule has 4 heteroatoms. The average Bonchev–Trinajstić information content (AvgIpc) is 2.89. The van der Waals surface area contributed by atoms with Gasteiger partial charge in [0.25, 0.3) is 0 Å². The normalized spacial score (nSPS) is 18.6. The van der Waals surface area contributed by atoms with Gasteiger partial charge in [0, 0.05) is 18.7 Å². The van der Waals surface area contributed by atoms with Crippen LogP contribution in [0.1, 0.15) is 23.0 Å². The molecule has 94 valence electrons. The summed E-state index contributed by atoms with van der Waals surface area (Å²) in [6.45, 7) is 2.29. The number of benzene rings is 1. The van der Waals surface area contributed by atoms with Crippen LogP contribution in [0, 0.1) is 0 Å². The lowest BCUT2D eigenvalue weighted by Crippen LogP contribution is -2.32. The molecule has 1 aromatic carbocycles. The Balaban J connectivity index is 1.56. The topological polar surface area (TPSA) is 49.9 Å². The molecule has 1 atom stereocenters. The van der Waals surface area contributed by atoms with E-state index in [0.717, 1.165) is 18.7 Å². The SMILES string of the molecule is c1ccc(COCC2NCCc3[nH]cnc32)cc1. The van der Waals surface area contributed by atoms with Crippen molar-refractivity contribution >= 4 is 0 Å². The molecule has 18 heavy (non-hydrogen) atoms. The first-order valence-electron chi connectivity index (χ1n) is 6.30. The van der Waals surface area contributed by atoms with E-state index in [9.17, 15) is 0 Å². The molecule has 0 saturated carbocycles. The van der Waals surface area contributed by atoms with Crippen molar-refractivity contribution in [3.63, 3.8) is 0 Å². The smallest absolute Gasteiger partial charge is 0.0925 e. The summed E-state index contributed by atoms with van der Waals surface area (Å²) in [6, 6.07) is 10.4. The molecule has 1 unspecified atom stereocenters. The van der Waals surface area contributed by atoms with E-state index in [1.165, 1.54) is 11.3 Å². The first kappa shape index (κ1) is 11.4. The van der Waals surface area contributed by atoms with Gasteiger partial charge in [-0.25, -0.2) is 4.98 Å². The van der Waals surface area contributed by atoms with Crippen LogP contribution < -0.4 is 5.32 Å². The van der Waals surface area contributed by atoms with Crippen molar-refractivity contribution in [2.24, 2.45) is 0 Å². The quantitative estimate of drug-likeness (QED) is 0.861. The molecule has 1 aliphatic heterocycles. The zero-order chi connectivity index (χ0) is 12.2. The predicted octanol–water partition coefficient (Wildman–Crippen LogP) is 1.81. The number of hydrogen-bond acceptors (Lipinski definition) is 3. The summed E-state index contributed by atoms with van der Waals surface area (Å²) in [7, 11) is 0. The van der Waals surface area contributed by atoms with Crippen molar-refractivity contribution in [1.82, 2.24) is 15.3 Å². The van der Waals surface area contributed by atoms with Gasteiger partial charge >= 0.3 is 0 Å². The van der Waals surface area contributed by atoms with Crippen LogP contribution in [0.4, 0.5) is 0 Å². The minimum atomic E-state index is 0.212. The standard InChI is InChI=1S/C14H17N3O/c1-2-4-11(5-3-1)8-18-9-13-14-12(6-7-15-13)16-10-17-14/h1-5,10,13,15H,6-9H2,(H,16,17). The fourth-order valence-electron chi connectivity index (χ4n) is 2.31. The van der Waals surface area contributed by atoms with Gasteiger partial charge in [-0.05, 0) is 5.56 Å². The largest absolute Gasteiger partial charge is 0.375 e. The summed E-state index contributed by atoms with van der Waals surface area (Å²) < 4.78 is 5.77. The number of imidazole rings is 1. The third-order valence-electron chi connectivity index (χ3n) is 3.24. The number of hydrogen-bond donors (Lipinski definition) is 2. The second kappa shape index (κ2) is 5.33. The lowest BCUT2D eigenvalue weighted by Gasteiger charge is -2.22. The van der Waals surface area contributed by atoms with E-state index in [-0.39, 0.29) is 6.04 Å². The Kier molecular flexibility index (Phi) is 3.39. The Bertz CT molecular complexity index is 495. The third kappa shape index (κ3) is 2.44. The monoisotopic (exact) mass is 243 g/mol. The van der Waals surface area contributed by atoms with E-state index in [4.69, 9.17) is 4.74 Å². The van der Waals surface area contributed by atoms with Crippen molar-refractivity contribution < 1.29 is 4.74 Å². The molecule has 1 aromatic heterocycles. The van der Waals surface area contributed by atoms with Crippen LogP contribution in [-0.2, 0) is 17.8 Å². The average molecular weight is 243 g/mol. The van der Waals surface area contributed by atoms with Gasteiger partial charge in [0.1, 0.15) is 0 Å². The summed E-state index contributed by atoms with van der Waals surface area (Å²) in [5, 5.41) is 3.44. The van der Waals surface area contributed by atoms with Gasteiger partial charge in [-0.1, -0.05) is 30.3 Å². The molecule has 0 amide bonds. The zero-order valence-electron chi connectivity index (χ0n) is 10.2. The van der Waals surface area contributed by atoms with E-state index in [0.29, 0.717) is 13.2 Å². The van der Waals surface area contributed by atoms with Crippen molar-refractivity contribution in [3.05, 3.63) is 53.6 Å². The minimum absolute atomic E-state index is 0.212. The summed E-state index contributed by atoms with van der Waals surface area (Å²) in [5.74, 6) is 0. The van der Waals surface area contributed by atoms with E-state index >= 15 is 0 Å². The van der Waals surface area contributed by atoms with Gasteiger partial charge in [0.05, 0.1) is 31.3 Å². The highest BCUT2D eigenvalue weighted by Crippen LogP contribution is 2.19. The molecule has 4 nitrogen and oxygen atoms in total. The molecule has 2 N–H and O–H groups in total. The summed E-state index contributed by atoms with van der Waals surface area (Å²) in [6.07, 6.45) is 2.78. The van der Waals surface area contributed by atoms with Crippen LogP contribution in [0.25, 0.3) is 0 Å². The maximum atomic E-state index is 5.77. The van der Waals surface area contributed by atoms with Crippen molar-refractivity contribution in [2.75, 3.05) is 13.2 Å². The van der Waals surface area contributed by atoms with Crippen LogP contribution in [0.3, 0.4) is 0 Å². The number of aromatic amines is 1. The highest BCUT2D eigenvalue weighted by atomic mass is 16.5. The molecule has 2 heterocycles. The second-order valence-electron chi connectivity index (χ2n) is 4.52. The van der Waals surface area contributed by atoms with E-state index in [2.05, 4.69) is 27.4 Å². The minimum Gasteiger partial charge on any atom is -0.375 e. The molecule has 2 aromatic rings. The molecule has 0 spiro atoms. The third-order valence-corrected chi connectivity index (χ3v) is 3.24. The van der Waals surface area contributed by atoms with E-state index < -0.39 is 0 Å². The van der Waals surface area contributed by atoms with E-state index in [1.807, 2.05) is 18.2 Å². The van der Waals surface area contributed by atoms with Crippen molar-refractivity contribution in [3.8, 4) is 0 Å². The predicted molar refractivity (Wildman–Crippen MR) is 69.1 cm³/mol. The molecule has 0 saturated heterocycles. The lowest BCUT2D eigenvalue weighted by molar-refractivity contribution is 0.0959. The van der Waals surface area contributed by atoms with Gasteiger partial charge < -0.3 is 15.0 Å². The summed E-state index contributed by atoms with van der Waals surface area (Å²) in [4.78, 5) is 7.55. The highest BCUT2D eigenvalue weighted by Gasteiger charge is 2.21. The fourth-order valence-corrected chi connectivity index (χ4v) is 2.31. The van der Waals surface area contributed by atoms with Crippen LogP contribution >= 0.6 is 0 Å². The lowest BCUT2D eigenvalue weighted by atomic mass is 10.1. The molecule has 0 radical (unpaired) electrons. The number of fused-ring (bicyclic) bond motifs is 1. The van der Waals surface area contributed by atoms with Gasteiger partial charge in [-0.2, -0.15) is 0 Å². The van der Waals surface area contributed by atoms with Crippen LogP contribution in [-0.4, -0.2) is 23.1 Å². The van der Waals surface area contributed by atoms with Crippen molar-refractivity contribution in [2.45, 2.75) is 19.1 Å². The van der Waals surface area contributed by atoms with Crippen LogP contribution in [0.2, 0.25) is 0 Å². The van der Waals surface area contributed by atoms with Gasteiger partial charge in [-0.15, -0.1) is 0 Å². The molecule has 0 aliphatic carbocycles. The highest BCUT2D eigenvalue weighted by molar-refractivity contribution is 5.19. The zero-order valence-corrected chi connectivity index (χ0v) is 10.2. The fraction of sp³-hybridized carbons (Fsp3) is 0.357. The second-order valence-corrected chi connectivity index (χ2v) is 4.52. The first-order chi connectivity index (χ1) is 8.93. The maximum absolute atomic E-state index is 5.77. The number of H-pyrrole nitrogens is 1. The molecule has 1 aliphatic rings. The molecule has 0 fully saturated rings. The van der Waals surface area contributed by atoms with E-state index in [1.54, 1.807) is 6.33 Å². The van der Waals surface area contributed by atoms with Gasteiger partial charge in [0.15, 0.2) is 0 Å². The number of ether oxygens (including phenoxy) is 1. The number of nitrogens with one attached hydrogen (secondary N) is 2. The first-order valence-corrected chi connectivity index (χ1v) is 6.30. The van der Waals surface area contributed by atoms with Gasteiger partial charge in [0.2, 0.25) is 0 Å². The number of aromatic nitrogens is 2. The van der Waals surface area contributed by atoms with Crippen LogP contribution in [0.15, 0.2) is 36.7 Å². The Morgan fingerprint density at radius 3 is 3.06 bits per heavy atom. The molecular weight excluding hydrogens is 226 g/mol. The van der Waals surface area contributed by atoms with Gasteiger partial charge in [-0.3, -0.25) is 0 Å².